The van der Waals surface area contributed by atoms with Crippen LogP contribution >= 0.6 is 11.3 Å². The van der Waals surface area contributed by atoms with Gasteiger partial charge in [0.15, 0.2) is 5.79 Å². The highest BCUT2D eigenvalue weighted by Crippen LogP contribution is 2.36. The maximum absolute atomic E-state index is 5.78. The van der Waals surface area contributed by atoms with Gasteiger partial charge in [0.05, 0.1) is 23.9 Å². The highest BCUT2D eigenvalue weighted by molar-refractivity contribution is 7.09. The van der Waals surface area contributed by atoms with Crippen molar-refractivity contribution in [2.45, 2.75) is 63.8 Å². The third kappa shape index (κ3) is 3.06. The van der Waals surface area contributed by atoms with Crippen LogP contribution in [-0.4, -0.2) is 30.0 Å². The summed E-state index contributed by atoms with van der Waals surface area (Å²) in [5.41, 5.74) is 1.18. The van der Waals surface area contributed by atoms with Gasteiger partial charge in [-0.05, 0) is 26.2 Å². The number of rotatable bonds is 4. The average Bonchev–Trinajstić information content (AvgIpc) is 3.11. The fraction of sp³-hybridized carbons (Fsp3) is 0.800. The van der Waals surface area contributed by atoms with Crippen molar-refractivity contribution < 1.29 is 9.47 Å². The largest absolute Gasteiger partial charge is 0.348 e. The summed E-state index contributed by atoms with van der Waals surface area (Å²) in [5.74, 6) is -0.253. The number of nitrogens with one attached hydrogen (secondary N) is 1. The third-order valence-electron chi connectivity index (χ3n) is 4.36. The van der Waals surface area contributed by atoms with E-state index < -0.39 is 0 Å². The van der Waals surface area contributed by atoms with Crippen molar-refractivity contribution in [2.24, 2.45) is 0 Å². The van der Waals surface area contributed by atoms with Gasteiger partial charge in [0.1, 0.15) is 0 Å². The zero-order chi connectivity index (χ0) is 14.0. The van der Waals surface area contributed by atoms with Crippen LogP contribution in [0.15, 0.2) is 5.38 Å². The quantitative estimate of drug-likeness (QED) is 0.927. The summed E-state index contributed by atoms with van der Waals surface area (Å²) in [6.07, 6.45) is 5.28. The van der Waals surface area contributed by atoms with E-state index in [1.807, 2.05) is 0 Å². The van der Waals surface area contributed by atoms with Crippen LogP contribution in [0, 0.1) is 0 Å². The molecule has 0 amide bonds. The van der Waals surface area contributed by atoms with Gasteiger partial charge < -0.3 is 14.8 Å². The molecule has 1 aliphatic heterocycles. The number of aromatic nitrogens is 1. The lowest BCUT2D eigenvalue weighted by Gasteiger charge is -2.36. The van der Waals surface area contributed by atoms with Crippen LogP contribution < -0.4 is 5.32 Å². The maximum Gasteiger partial charge on any atom is 0.168 e. The fourth-order valence-corrected chi connectivity index (χ4v) is 3.97. The number of ether oxygens (including phenoxy) is 2. The lowest BCUT2D eigenvalue weighted by molar-refractivity contribution is -0.179. The molecular formula is C15H24N2O2S. The molecule has 0 bridgehead atoms. The second-order valence-electron chi connectivity index (χ2n) is 5.79. The van der Waals surface area contributed by atoms with Gasteiger partial charge >= 0.3 is 0 Å². The second-order valence-corrected chi connectivity index (χ2v) is 6.73. The first-order valence-corrected chi connectivity index (χ1v) is 8.57. The van der Waals surface area contributed by atoms with Crippen LogP contribution in [0.3, 0.4) is 0 Å². The summed E-state index contributed by atoms with van der Waals surface area (Å²) >= 11 is 1.76. The first-order valence-electron chi connectivity index (χ1n) is 7.69. The number of hydrogen-bond donors (Lipinski definition) is 1. The highest BCUT2D eigenvalue weighted by Gasteiger charge is 2.40. The van der Waals surface area contributed by atoms with Crippen LogP contribution in [0.25, 0.3) is 0 Å². The molecule has 2 aliphatic rings. The van der Waals surface area contributed by atoms with E-state index in [-0.39, 0.29) is 5.79 Å². The van der Waals surface area contributed by atoms with Crippen LogP contribution in [0.2, 0.25) is 0 Å². The lowest BCUT2D eigenvalue weighted by atomic mass is 9.89. The summed E-state index contributed by atoms with van der Waals surface area (Å²) in [4.78, 5) is 4.67. The fourth-order valence-electron chi connectivity index (χ4n) is 3.14. The van der Waals surface area contributed by atoms with E-state index in [1.54, 1.807) is 11.3 Å². The van der Waals surface area contributed by atoms with E-state index in [4.69, 9.17) is 9.47 Å². The van der Waals surface area contributed by atoms with Crippen molar-refractivity contribution in [1.29, 1.82) is 0 Å². The van der Waals surface area contributed by atoms with Crippen LogP contribution in [0.1, 0.15) is 56.3 Å². The Morgan fingerprint density at radius 1 is 1.40 bits per heavy atom. The minimum atomic E-state index is -0.253. The van der Waals surface area contributed by atoms with E-state index in [1.165, 1.54) is 10.7 Å². The molecule has 5 heteroatoms. The molecule has 0 radical (unpaired) electrons. The molecule has 2 heterocycles. The molecule has 1 N–H and O–H groups in total. The van der Waals surface area contributed by atoms with Gasteiger partial charge in [-0.3, -0.25) is 0 Å². The van der Waals surface area contributed by atoms with Crippen molar-refractivity contribution in [3.63, 3.8) is 0 Å². The summed E-state index contributed by atoms with van der Waals surface area (Å²) in [5, 5.41) is 7.12. The van der Waals surface area contributed by atoms with Gasteiger partial charge in [0.2, 0.25) is 0 Å². The van der Waals surface area contributed by atoms with E-state index in [0.29, 0.717) is 12.1 Å². The summed E-state index contributed by atoms with van der Waals surface area (Å²) in [7, 11) is 0. The van der Waals surface area contributed by atoms with E-state index in [2.05, 4.69) is 29.5 Å². The molecular weight excluding hydrogens is 272 g/mol. The second kappa shape index (κ2) is 6.10. The molecule has 4 nitrogen and oxygen atoms in total. The topological polar surface area (TPSA) is 43.4 Å². The van der Waals surface area contributed by atoms with Gasteiger partial charge in [0.25, 0.3) is 0 Å². The summed E-state index contributed by atoms with van der Waals surface area (Å²) in [6.45, 7) is 5.88. The van der Waals surface area contributed by atoms with Crippen LogP contribution in [-0.2, 0) is 15.9 Å². The monoisotopic (exact) mass is 296 g/mol. The minimum absolute atomic E-state index is 0.253. The molecule has 1 spiro atoms. The van der Waals surface area contributed by atoms with E-state index >= 15 is 0 Å². The Kier molecular flexibility index (Phi) is 4.40. The van der Waals surface area contributed by atoms with Crippen LogP contribution in [0.4, 0.5) is 0 Å². The van der Waals surface area contributed by atoms with Gasteiger partial charge in [-0.2, -0.15) is 0 Å². The first kappa shape index (κ1) is 14.4. The number of nitrogens with zero attached hydrogens (tertiary/aromatic N) is 1. The molecule has 1 saturated heterocycles. The minimum Gasteiger partial charge on any atom is -0.348 e. The zero-order valence-electron chi connectivity index (χ0n) is 12.4. The third-order valence-corrected chi connectivity index (χ3v) is 5.37. The normalized spacial score (nSPS) is 24.3. The molecule has 3 rings (SSSR count). The molecule has 1 aromatic rings. The molecule has 1 aliphatic carbocycles. The number of aryl methyl sites for hydroxylation is 1. The molecule has 0 aromatic carbocycles. The Morgan fingerprint density at radius 3 is 2.70 bits per heavy atom. The molecule has 0 unspecified atom stereocenters. The maximum atomic E-state index is 5.78. The molecule has 1 atom stereocenters. The number of hydrogen-bond acceptors (Lipinski definition) is 5. The van der Waals surface area contributed by atoms with Crippen molar-refractivity contribution in [3.8, 4) is 0 Å². The molecule has 1 saturated carbocycles. The number of thiazole rings is 1. The van der Waals surface area contributed by atoms with E-state index in [0.717, 1.165) is 45.3 Å². The van der Waals surface area contributed by atoms with Crippen molar-refractivity contribution in [2.75, 3.05) is 13.2 Å². The lowest BCUT2D eigenvalue weighted by Crippen LogP contribution is -2.42. The SMILES string of the molecule is CCc1nc([C@H](C)NC2CCC3(CC2)OCCO3)cs1. The predicted octanol–water partition coefficient (Wildman–Crippen LogP) is 3.04. The Bertz CT molecular complexity index is 433. The molecule has 1 aromatic heterocycles. The molecule has 2 fully saturated rings. The molecule has 20 heavy (non-hydrogen) atoms. The molecule has 112 valence electrons. The standard InChI is InChI=1S/C15H24N2O2S/c1-3-14-17-13(10-20-14)11(2)16-12-4-6-15(7-5-12)18-8-9-19-15/h10-12,16H,3-9H2,1-2H3/t11-/m0/s1. The predicted molar refractivity (Wildman–Crippen MR) is 79.9 cm³/mol. The van der Waals surface area contributed by atoms with E-state index in [9.17, 15) is 0 Å². The van der Waals surface area contributed by atoms with Gasteiger partial charge in [-0.25, -0.2) is 4.98 Å². The Morgan fingerprint density at radius 2 is 2.10 bits per heavy atom. The van der Waals surface area contributed by atoms with Gasteiger partial charge in [-0.1, -0.05) is 6.92 Å². The average molecular weight is 296 g/mol. The zero-order valence-corrected chi connectivity index (χ0v) is 13.2. The first-order chi connectivity index (χ1) is 9.71. The Labute approximate surface area is 124 Å². The van der Waals surface area contributed by atoms with Gasteiger partial charge in [0, 0.05) is 30.3 Å². The summed E-state index contributed by atoms with van der Waals surface area (Å²) in [6, 6.07) is 0.881. The Balaban J connectivity index is 1.51. The summed E-state index contributed by atoms with van der Waals surface area (Å²) < 4.78 is 11.6. The van der Waals surface area contributed by atoms with Crippen molar-refractivity contribution in [1.82, 2.24) is 10.3 Å². The van der Waals surface area contributed by atoms with Crippen molar-refractivity contribution in [3.05, 3.63) is 16.1 Å². The van der Waals surface area contributed by atoms with Gasteiger partial charge in [-0.15, -0.1) is 11.3 Å². The smallest absolute Gasteiger partial charge is 0.168 e. The van der Waals surface area contributed by atoms with Crippen molar-refractivity contribution >= 4 is 11.3 Å². The Hall–Kier alpha value is -0.490. The highest BCUT2D eigenvalue weighted by atomic mass is 32.1. The van der Waals surface area contributed by atoms with Crippen LogP contribution in [0.5, 0.6) is 0 Å².